The second kappa shape index (κ2) is 8.62. The zero-order valence-electron chi connectivity index (χ0n) is 14.8. The average molecular weight is 411 g/mol. The maximum Gasteiger partial charge on any atom is 0.413 e. The maximum absolute atomic E-state index is 12.0. The highest BCUT2D eigenvalue weighted by Gasteiger charge is 2.31. The van der Waals surface area contributed by atoms with Crippen molar-refractivity contribution in [3.8, 4) is 5.75 Å². The Hall–Kier alpha value is -2.26. The lowest BCUT2D eigenvalue weighted by Crippen LogP contribution is -2.36. The van der Waals surface area contributed by atoms with Gasteiger partial charge in [-0.15, -0.1) is 10.2 Å². The van der Waals surface area contributed by atoms with Gasteiger partial charge in [-0.2, -0.15) is 0 Å². The van der Waals surface area contributed by atoms with Crippen molar-refractivity contribution in [1.29, 1.82) is 0 Å². The number of methoxy groups -OCH3 is 1. The van der Waals surface area contributed by atoms with Gasteiger partial charge in [-0.3, -0.25) is 14.7 Å². The van der Waals surface area contributed by atoms with Crippen LogP contribution in [-0.4, -0.2) is 39.1 Å². The molecule has 8 nitrogen and oxygen atoms in total. The van der Waals surface area contributed by atoms with Gasteiger partial charge in [0.15, 0.2) is 11.0 Å². The van der Waals surface area contributed by atoms with Crippen LogP contribution in [0.1, 0.15) is 31.6 Å². The van der Waals surface area contributed by atoms with Crippen molar-refractivity contribution >= 4 is 35.4 Å². The predicted octanol–water partition coefficient (Wildman–Crippen LogP) is 3.21. The van der Waals surface area contributed by atoms with Gasteiger partial charge in [-0.1, -0.05) is 35.5 Å². The highest BCUT2D eigenvalue weighted by molar-refractivity contribution is 8.00. The van der Waals surface area contributed by atoms with Crippen LogP contribution in [0.2, 0.25) is 5.02 Å². The number of amides is 2. The fourth-order valence-corrected chi connectivity index (χ4v) is 3.48. The molecule has 1 N–H and O–H groups in total. The van der Waals surface area contributed by atoms with Crippen molar-refractivity contribution in [3.05, 3.63) is 35.1 Å². The number of halogens is 1. The highest BCUT2D eigenvalue weighted by atomic mass is 35.5. The summed E-state index contributed by atoms with van der Waals surface area (Å²) in [6.07, 6.45) is 1.26. The number of carbonyl (C=O) groups excluding carboxylic acids is 2. The molecule has 0 spiro atoms. The number of hydrogen-bond donors (Lipinski definition) is 1. The van der Waals surface area contributed by atoms with Gasteiger partial charge in [0.1, 0.15) is 12.4 Å². The van der Waals surface area contributed by atoms with Gasteiger partial charge < -0.3 is 9.47 Å². The standard InChI is InChI=1S/C17H19ClN4O4S/c1-10(15(23)19-17(24)25-2)27-16-21-20-14(22(16)11-7-8-11)9-26-13-6-4-3-5-12(13)18/h3-6,10-11H,7-9H2,1-2H3,(H,19,23,24)/t10-/m0/s1. The lowest BCUT2D eigenvalue weighted by Gasteiger charge is -2.13. The van der Waals surface area contributed by atoms with Crippen LogP contribution in [0.25, 0.3) is 0 Å². The van der Waals surface area contributed by atoms with Gasteiger partial charge in [0, 0.05) is 6.04 Å². The van der Waals surface area contributed by atoms with E-state index in [2.05, 4.69) is 20.3 Å². The largest absolute Gasteiger partial charge is 0.484 e. The van der Waals surface area contributed by atoms with Gasteiger partial charge in [0.2, 0.25) is 5.91 Å². The zero-order chi connectivity index (χ0) is 19.4. The molecule has 1 aliphatic carbocycles. The Bertz CT molecular complexity index is 840. The lowest BCUT2D eigenvalue weighted by atomic mass is 10.3. The molecule has 10 heteroatoms. The molecule has 2 amide bonds. The SMILES string of the molecule is COC(=O)NC(=O)[C@H](C)Sc1nnc(COc2ccccc2Cl)n1C1CC1. The Morgan fingerprint density at radius 2 is 2.11 bits per heavy atom. The Kier molecular flexibility index (Phi) is 6.22. The van der Waals surface area contributed by atoms with Gasteiger partial charge in [0.25, 0.3) is 0 Å². The molecule has 1 fully saturated rings. The number of ether oxygens (including phenoxy) is 2. The summed E-state index contributed by atoms with van der Waals surface area (Å²) in [7, 11) is 1.20. The molecular formula is C17H19ClN4O4S. The molecule has 144 valence electrons. The van der Waals surface area contributed by atoms with Crippen molar-refractivity contribution in [2.24, 2.45) is 0 Å². The number of para-hydroxylation sites is 1. The molecule has 1 atom stereocenters. The molecule has 1 saturated carbocycles. The molecule has 3 rings (SSSR count). The fraction of sp³-hybridized carbons (Fsp3) is 0.412. The van der Waals surface area contributed by atoms with Crippen LogP contribution < -0.4 is 10.1 Å². The topological polar surface area (TPSA) is 95.3 Å². The molecule has 0 unspecified atom stereocenters. The minimum atomic E-state index is -0.787. The van der Waals surface area contributed by atoms with Crippen molar-refractivity contribution in [3.63, 3.8) is 0 Å². The number of nitrogens with one attached hydrogen (secondary N) is 1. The van der Waals surface area contributed by atoms with E-state index < -0.39 is 17.3 Å². The molecule has 0 saturated heterocycles. The molecule has 0 aliphatic heterocycles. The third kappa shape index (κ3) is 4.92. The Morgan fingerprint density at radius 1 is 1.37 bits per heavy atom. The number of hydrogen-bond acceptors (Lipinski definition) is 7. The van der Waals surface area contributed by atoms with Gasteiger partial charge in [-0.25, -0.2) is 4.79 Å². The minimum Gasteiger partial charge on any atom is -0.484 e. The van der Waals surface area contributed by atoms with E-state index >= 15 is 0 Å². The molecule has 1 aromatic carbocycles. The smallest absolute Gasteiger partial charge is 0.413 e. The second-order valence-corrected chi connectivity index (χ2v) is 7.68. The van der Waals surface area contributed by atoms with Crippen molar-refractivity contribution in [1.82, 2.24) is 20.1 Å². The van der Waals surface area contributed by atoms with E-state index in [0.29, 0.717) is 27.8 Å². The summed E-state index contributed by atoms with van der Waals surface area (Å²) in [4.78, 5) is 23.2. The van der Waals surface area contributed by atoms with E-state index in [-0.39, 0.29) is 6.61 Å². The van der Waals surface area contributed by atoms with E-state index in [1.54, 1.807) is 19.1 Å². The number of alkyl carbamates (subject to hydrolysis) is 1. The van der Waals surface area contributed by atoms with Crippen molar-refractivity contribution < 1.29 is 19.1 Å². The number of aromatic nitrogens is 3. The van der Waals surface area contributed by atoms with E-state index in [4.69, 9.17) is 16.3 Å². The Balaban J connectivity index is 1.69. The number of rotatable bonds is 7. The summed E-state index contributed by atoms with van der Waals surface area (Å²) < 4.78 is 12.2. The molecule has 1 heterocycles. The summed E-state index contributed by atoms with van der Waals surface area (Å²) in [5.41, 5.74) is 0. The van der Waals surface area contributed by atoms with E-state index in [1.165, 1.54) is 18.9 Å². The number of nitrogens with zero attached hydrogens (tertiary/aromatic N) is 3. The summed E-state index contributed by atoms with van der Waals surface area (Å²) in [6.45, 7) is 1.91. The monoisotopic (exact) mass is 410 g/mol. The molecule has 1 aromatic heterocycles. The summed E-state index contributed by atoms with van der Waals surface area (Å²) >= 11 is 7.35. The predicted molar refractivity (Wildman–Crippen MR) is 99.9 cm³/mol. The number of imide groups is 1. The molecular weight excluding hydrogens is 392 g/mol. The van der Waals surface area contributed by atoms with Crippen LogP contribution in [0.3, 0.4) is 0 Å². The van der Waals surface area contributed by atoms with Gasteiger partial charge >= 0.3 is 6.09 Å². The summed E-state index contributed by atoms with van der Waals surface area (Å²) in [5, 5.41) is 11.2. The number of carbonyl (C=O) groups is 2. The van der Waals surface area contributed by atoms with Crippen LogP contribution in [0, 0.1) is 0 Å². The Labute approximate surface area is 165 Å². The van der Waals surface area contributed by atoms with Crippen molar-refractivity contribution in [2.75, 3.05) is 7.11 Å². The van der Waals surface area contributed by atoms with E-state index in [1.807, 2.05) is 16.7 Å². The van der Waals surface area contributed by atoms with Gasteiger partial charge in [0.05, 0.1) is 17.4 Å². The van der Waals surface area contributed by atoms with Crippen LogP contribution in [0.4, 0.5) is 4.79 Å². The van der Waals surface area contributed by atoms with Crippen LogP contribution in [0.15, 0.2) is 29.4 Å². The highest BCUT2D eigenvalue weighted by Crippen LogP contribution is 2.39. The summed E-state index contributed by atoms with van der Waals surface area (Å²) in [5.74, 6) is 0.788. The number of benzene rings is 1. The molecule has 0 radical (unpaired) electrons. The molecule has 2 aromatic rings. The van der Waals surface area contributed by atoms with E-state index in [0.717, 1.165) is 12.8 Å². The molecule has 27 heavy (non-hydrogen) atoms. The van der Waals surface area contributed by atoms with Gasteiger partial charge in [-0.05, 0) is 31.9 Å². The molecule has 0 bridgehead atoms. The fourth-order valence-electron chi connectivity index (χ4n) is 2.35. The van der Waals surface area contributed by atoms with Crippen molar-refractivity contribution in [2.45, 2.75) is 42.8 Å². The molecule has 1 aliphatic rings. The van der Waals surface area contributed by atoms with Crippen LogP contribution in [0.5, 0.6) is 5.75 Å². The quantitative estimate of drug-likeness (QED) is 0.700. The number of thioether (sulfide) groups is 1. The summed E-state index contributed by atoms with van der Waals surface area (Å²) in [6, 6.07) is 7.51. The average Bonchev–Trinajstić information content (AvgIpc) is 3.42. The first kappa shape index (κ1) is 19.5. The van der Waals surface area contributed by atoms with Crippen LogP contribution >= 0.6 is 23.4 Å². The lowest BCUT2D eigenvalue weighted by molar-refractivity contribution is -0.119. The van der Waals surface area contributed by atoms with E-state index in [9.17, 15) is 9.59 Å². The third-order valence-electron chi connectivity index (χ3n) is 3.90. The second-order valence-electron chi connectivity index (χ2n) is 5.96. The normalized spacial score (nSPS) is 14.5. The first-order valence-corrected chi connectivity index (χ1v) is 9.62. The Morgan fingerprint density at radius 3 is 2.78 bits per heavy atom. The zero-order valence-corrected chi connectivity index (χ0v) is 16.4. The minimum absolute atomic E-state index is 0.219. The first-order valence-electron chi connectivity index (χ1n) is 8.36. The van der Waals surface area contributed by atoms with Crippen LogP contribution in [-0.2, 0) is 16.1 Å². The maximum atomic E-state index is 12.0. The first-order chi connectivity index (χ1) is 13.0. The third-order valence-corrected chi connectivity index (χ3v) is 5.27.